The Bertz CT molecular complexity index is 120. The van der Waals surface area contributed by atoms with Gasteiger partial charge in [0.25, 0.3) is 0 Å². The first kappa shape index (κ1) is 9.05. The first-order valence-corrected chi connectivity index (χ1v) is 4.87. The average Bonchev–Trinajstić information content (AvgIpc) is 1.95. The fraction of sp³-hybridized carbons (Fsp3) is 1.00. The lowest BCUT2D eigenvalue weighted by Crippen LogP contribution is -2.55. The molecule has 1 rings (SSSR count). The van der Waals surface area contributed by atoms with Crippen LogP contribution in [0.1, 0.15) is 33.6 Å². The molecule has 0 aromatic heterocycles. The molecule has 0 bridgehead atoms. The van der Waals surface area contributed by atoms with Gasteiger partial charge in [-0.2, -0.15) is 0 Å². The maximum Gasteiger partial charge on any atom is 0.0135 e. The lowest BCUT2D eigenvalue weighted by Gasteiger charge is -2.48. The van der Waals surface area contributed by atoms with Crippen LogP contribution in [-0.4, -0.2) is 24.5 Å². The van der Waals surface area contributed by atoms with Crippen LogP contribution < -0.4 is 0 Å². The standard InChI is InChI=1S/C10H21N/c1-5-6-10-9(8(2)3)7-11(10)4/h8-10H,5-7H2,1-4H3. The molecule has 2 atom stereocenters. The normalized spacial score (nSPS) is 32.5. The van der Waals surface area contributed by atoms with E-state index in [9.17, 15) is 0 Å². The van der Waals surface area contributed by atoms with Crippen molar-refractivity contribution < 1.29 is 0 Å². The van der Waals surface area contributed by atoms with E-state index in [4.69, 9.17) is 0 Å². The first-order chi connectivity index (χ1) is 5.16. The van der Waals surface area contributed by atoms with Crippen molar-refractivity contribution in [1.29, 1.82) is 0 Å². The van der Waals surface area contributed by atoms with Gasteiger partial charge in [0.05, 0.1) is 0 Å². The van der Waals surface area contributed by atoms with Gasteiger partial charge in [-0.05, 0) is 25.3 Å². The van der Waals surface area contributed by atoms with E-state index in [1.54, 1.807) is 0 Å². The fourth-order valence-electron chi connectivity index (χ4n) is 2.16. The SMILES string of the molecule is CCCC1C(C(C)C)CN1C. The Kier molecular flexibility index (Phi) is 2.94. The molecule has 1 aliphatic rings. The van der Waals surface area contributed by atoms with Gasteiger partial charge in [0.15, 0.2) is 0 Å². The van der Waals surface area contributed by atoms with Crippen LogP contribution in [0.2, 0.25) is 0 Å². The molecule has 66 valence electrons. The molecule has 0 N–H and O–H groups in total. The number of likely N-dealkylation sites (tertiary alicyclic amines) is 1. The van der Waals surface area contributed by atoms with Gasteiger partial charge in [-0.1, -0.05) is 27.2 Å². The van der Waals surface area contributed by atoms with E-state index in [0.29, 0.717) is 0 Å². The first-order valence-electron chi connectivity index (χ1n) is 4.87. The van der Waals surface area contributed by atoms with Crippen molar-refractivity contribution in [3.05, 3.63) is 0 Å². The van der Waals surface area contributed by atoms with Gasteiger partial charge in [-0.15, -0.1) is 0 Å². The van der Waals surface area contributed by atoms with Crippen LogP contribution in [0.5, 0.6) is 0 Å². The highest BCUT2D eigenvalue weighted by Crippen LogP contribution is 2.32. The number of hydrogen-bond donors (Lipinski definition) is 0. The van der Waals surface area contributed by atoms with E-state index >= 15 is 0 Å². The minimum absolute atomic E-state index is 0.878. The van der Waals surface area contributed by atoms with Crippen LogP contribution in [0.3, 0.4) is 0 Å². The highest BCUT2D eigenvalue weighted by Gasteiger charge is 2.36. The van der Waals surface area contributed by atoms with Gasteiger partial charge in [-0.3, -0.25) is 0 Å². The van der Waals surface area contributed by atoms with E-state index in [-0.39, 0.29) is 0 Å². The molecular formula is C10H21N. The van der Waals surface area contributed by atoms with Crippen molar-refractivity contribution in [3.8, 4) is 0 Å². The molecule has 0 spiro atoms. The summed E-state index contributed by atoms with van der Waals surface area (Å²) in [6, 6.07) is 0.889. The second-order valence-electron chi connectivity index (χ2n) is 4.20. The summed E-state index contributed by atoms with van der Waals surface area (Å²) in [5, 5.41) is 0. The quantitative estimate of drug-likeness (QED) is 0.605. The molecule has 0 amide bonds. The summed E-state index contributed by atoms with van der Waals surface area (Å²) in [6.07, 6.45) is 2.72. The Hall–Kier alpha value is -0.0400. The molecule has 1 fully saturated rings. The summed E-state index contributed by atoms with van der Waals surface area (Å²) in [5.41, 5.74) is 0. The van der Waals surface area contributed by atoms with E-state index in [1.165, 1.54) is 19.4 Å². The molecule has 0 aliphatic carbocycles. The maximum absolute atomic E-state index is 2.49. The lowest BCUT2D eigenvalue weighted by molar-refractivity contribution is 0.00623. The largest absolute Gasteiger partial charge is 0.303 e. The smallest absolute Gasteiger partial charge is 0.0135 e. The third-order valence-electron chi connectivity index (χ3n) is 3.00. The average molecular weight is 155 g/mol. The monoisotopic (exact) mass is 155 g/mol. The molecule has 1 aliphatic heterocycles. The Morgan fingerprint density at radius 1 is 1.45 bits per heavy atom. The second-order valence-corrected chi connectivity index (χ2v) is 4.20. The van der Waals surface area contributed by atoms with Crippen LogP contribution >= 0.6 is 0 Å². The molecule has 1 heteroatoms. The molecule has 11 heavy (non-hydrogen) atoms. The maximum atomic E-state index is 2.49. The third kappa shape index (κ3) is 1.76. The zero-order chi connectivity index (χ0) is 8.43. The topological polar surface area (TPSA) is 3.24 Å². The molecule has 0 radical (unpaired) electrons. The van der Waals surface area contributed by atoms with Crippen molar-refractivity contribution in [2.45, 2.75) is 39.7 Å². The summed E-state index contributed by atoms with van der Waals surface area (Å²) >= 11 is 0. The van der Waals surface area contributed by atoms with Gasteiger partial charge in [-0.25, -0.2) is 0 Å². The number of nitrogens with zero attached hydrogens (tertiary/aromatic N) is 1. The number of hydrogen-bond acceptors (Lipinski definition) is 1. The second kappa shape index (κ2) is 3.57. The van der Waals surface area contributed by atoms with Gasteiger partial charge in [0.1, 0.15) is 0 Å². The van der Waals surface area contributed by atoms with Gasteiger partial charge < -0.3 is 4.90 Å². The predicted molar refractivity (Wildman–Crippen MR) is 49.7 cm³/mol. The van der Waals surface area contributed by atoms with Crippen molar-refractivity contribution in [2.75, 3.05) is 13.6 Å². The Balaban J connectivity index is 2.35. The van der Waals surface area contributed by atoms with E-state index in [1.807, 2.05) is 0 Å². The van der Waals surface area contributed by atoms with Crippen LogP contribution in [-0.2, 0) is 0 Å². The van der Waals surface area contributed by atoms with Crippen LogP contribution in [0.4, 0.5) is 0 Å². The summed E-state index contributed by atoms with van der Waals surface area (Å²) in [4.78, 5) is 2.49. The lowest BCUT2D eigenvalue weighted by atomic mass is 9.78. The Morgan fingerprint density at radius 2 is 2.09 bits per heavy atom. The molecule has 1 nitrogen and oxygen atoms in total. The predicted octanol–water partition coefficient (Wildman–Crippen LogP) is 2.37. The molecule has 1 heterocycles. The fourth-order valence-corrected chi connectivity index (χ4v) is 2.16. The summed E-state index contributed by atoms with van der Waals surface area (Å²) in [7, 11) is 2.25. The number of rotatable bonds is 3. The molecule has 2 unspecified atom stereocenters. The van der Waals surface area contributed by atoms with E-state index in [0.717, 1.165) is 17.9 Å². The van der Waals surface area contributed by atoms with E-state index < -0.39 is 0 Å². The van der Waals surface area contributed by atoms with Crippen LogP contribution in [0.15, 0.2) is 0 Å². The van der Waals surface area contributed by atoms with Gasteiger partial charge in [0, 0.05) is 12.6 Å². The summed E-state index contributed by atoms with van der Waals surface area (Å²) in [6.45, 7) is 8.30. The molecule has 0 saturated carbocycles. The highest BCUT2D eigenvalue weighted by atomic mass is 15.2. The van der Waals surface area contributed by atoms with Crippen molar-refractivity contribution >= 4 is 0 Å². The molecule has 0 aromatic carbocycles. The summed E-state index contributed by atoms with van der Waals surface area (Å²) < 4.78 is 0. The Labute approximate surface area is 70.8 Å². The zero-order valence-electron chi connectivity index (χ0n) is 8.30. The van der Waals surface area contributed by atoms with Crippen molar-refractivity contribution in [1.82, 2.24) is 4.90 Å². The van der Waals surface area contributed by atoms with Gasteiger partial charge >= 0.3 is 0 Å². The van der Waals surface area contributed by atoms with Crippen molar-refractivity contribution in [2.24, 2.45) is 11.8 Å². The van der Waals surface area contributed by atoms with Crippen LogP contribution in [0, 0.1) is 11.8 Å². The van der Waals surface area contributed by atoms with Crippen LogP contribution in [0.25, 0.3) is 0 Å². The van der Waals surface area contributed by atoms with Gasteiger partial charge in [0.2, 0.25) is 0 Å². The minimum Gasteiger partial charge on any atom is -0.303 e. The minimum atomic E-state index is 0.878. The summed E-state index contributed by atoms with van der Waals surface area (Å²) in [5.74, 6) is 1.85. The highest BCUT2D eigenvalue weighted by molar-refractivity contribution is 4.90. The Morgan fingerprint density at radius 3 is 2.45 bits per heavy atom. The third-order valence-corrected chi connectivity index (χ3v) is 3.00. The van der Waals surface area contributed by atoms with Crippen molar-refractivity contribution in [3.63, 3.8) is 0 Å². The zero-order valence-corrected chi connectivity index (χ0v) is 8.30. The molecular weight excluding hydrogens is 134 g/mol. The molecule has 1 saturated heterocycles. The van der Waals surface area contributed by atoms with E-state index in [2.05, 4.69) is 32.7 Å². The molecule has 0 aromatic rings.